The minimum absolute atomic E-state index is 0.0354. The Morgan fingerprint density at radius 2 is 1.86 bits per heavy atom. The first kappa shape index (κ1) is 20.6. The van der Waals surface area contributed by atoms with Crippen LogP contribution in [-0.4, -0.2) is 30.8 Å². The second-order valence-electron chi connectivity index (χ2n) is 8.98. The van der Waals surface area contributed by atoms with Crippen molar-refractivity contribution < 1.29 is 9.59 Å². The number of hydrogen-bond donors (Lipinski definition) is 1. The number of fused-ring (bicyclic) bond motifs is 1. The van der Waals surface area contributed by atoms with Crippen molar-refractivity contribution in [1.29, 1.82) is 0 Å². The molecule has 4 nitrogen and oxygen atoms in total. The molecule has 1 N–H and O–H groups in total. The van der Waals surface area contributed by atoms with E-state index < -0.39 is 0 Å². The summed E-state index contributed by atoms with van der Waals surface area (Å²) in [7, 11) is 3.53. The first-order chi connectivity index (χ1) is 13.1. The number of aryl methyl sites for hydroxylation is 1. The van der Waals surface area contributed by atoms with Crippen molar-refractivity contribution in [3.63, 3.8) is 0 Å². The molecule has 1 heterocycles. The van der Waals surface area contributed by atoms with Crippen molar-refractivity contribution in [3.05, 3.63) is 51.4 Å². The number of anilines is 1. The first-order valence-corrected chi connectivity index (χ1v) is 10.6. The van der Waals surface area contributed by atoms with Crippen LogP contribution in [0, 0.1) is 18.3 Å². The highest BCUT2D eigenvalue weighted by Gasteiger charge is 2.34. The molecule has 1 atom stereocenters. The molecule has 150 valence electrons. The summed E-state index contributed by atoms with van der Waals surface area (Å²) in [5.41, 5.74) is 3.61. The largest absolute Gasteiger partial charge is 0.345 e. The van der Waals surface area contributed by atoms with Gasteiger partial charge >= 0.3 is 0 Å². The van der Waals surface area contributed by atoms with Crippen molar-refractivity contribution in [1.82, 2.24) is 4.90 Å². The van der Waals surface area contributed by atoms with Crippen LogP contribution in [0.4, 0.5) is 5.00 Å². The van der Waals surface area contributed by atoms with Gasteiger partial charge in [0.15, 0.2) is 0 Å². The van der Waals surface area contributed by atoms with E-state index in [-0.39, 0.29) is 17.2 Å². The molecular formula is C23H30N2O2S. The molecule has 0 bridgehead atoms. The molecule has 1 aliphatic carbocycles. The van der Waals surface area contributed by atoms with Gasteiger partial charge in [-0.1, -0.05) is 39.0 Å². The Labute approximate surface area is 172 Å². The van der Waals surface area contributed by atoms with Crippen LogP contribution in [0.3, 0.4) is 0 Å². The fraction of sp³-hybridized carbons (Fsp3) is 0.478. The van der Waals surface area contributed by atoms with Crippen molar-refractivity contribution in [3.8, 4) is 0 Å². The number of thiophene rings is 1. The standard InChI is InChI=1S/C23H30N2O2S/c1-14-9-7-8-10-16(14)20(26)24-21-19(22(27)25(5)6)17-12-11-15(23(2,3)4)13-18(17)28-21/h7-10,15H,11-13H2,1-6H3,(H,24,26). The third-order valence-electron chi connectivity index (χ3n) is 5.73. The second-order valence-corrected chi connectivity index (χ2v) is 10.1. The Hall–Kier alpha value is -2.14. The van der Waals surface area contributed by atoms with Crippen molar-refractivity contribution in [2.24, 2.45) is 11.3 Å². The maximum absolute atomic E-state index is 12.9. The topological polar surface area (TPSA) is 49.4 Å². The molecule has 0 saturated heterocycles. The lowest BCUT2D eigenvalue weighted by Crippen LogP contribution is -2.28. The van der Waals surface area contributed by atoms with Gasteiger partial charge in [-0.2, -0.15) is 0 Å². The molecular weight excluding hydrogens is 368 g/mol. The summed E-state index contributed by atoms with van der Waals surface area (Å²) in [6.07, 6.45) is 2.94. The number of hydrogen-bond acceptors (Lipinski definition) is 3. The van der Waals surface area contributed by atoms with Gasteiger partial charge < -0.3 is 10.2 Å². The highest BCUT2D eigenvalue weighted by Crippen LogP contribution is 2.44. The van der Waals surface area contributed by atoms with Gasteiger partial charge in [-0.25, -0.2) is 0 Å². The molecule has 0 spiro atoms. The summed E-state index contributed by atoms with van der Waals surface area (Å²) in [6, 6.07) is 7.53. The Kier molecular flexibility index (Phi) is 5.67. The average molecular weight is 399 g/mol. The number of carbonyl (C=O) groups excluding carboxylic acids is 2. The van der Waals surface area contributed by atoms with Crippen LogP contribution in [0.15, 0.2) is 24.3 Å². The van der Waals surface area contributed by atoms with Gasteiger partial charge in [-0.05, 0) is 54.7 Å². The summed E-state index contributed by atoms with van der Waals surface area (Å²) >= 11 is 1.58. The van der Waals surface area contributed by atoms with E-state index in [0.717, 1.165) is 30.4 Å². The Morgan fingerprint density at radius 1 is 1.18 bits per heavy atom. The van der Waals surface area contributed by atoms with Crippen LogP contribution >= 0.6 is 11.3 Å². The van der Waals surface area contributed by atoms with Crippen LogP contribution in [0.1, 0.15) is 63.9 Å². The summed E-state index contributed by atoms with van der Waals surface area (Å²) in [5.74, 6) is 0.393. The lowest BCUT2D eigenvalue weighted by atomic mass is 9.72. The number of nitrogens with zero attached hydrogens (tertiary/aromatic N) is 1. The Balaban J connectivity index is 1.99. The Morgan fingerprint density at radius 3 is 2.46 bits per heavy atom. The monoisotopic (exact) mass is 398 g/mol. The zero-order valence-corrected chi connectivity index (χ0v) is 18.5. The summed E-state index contributed by atoms with van der Waals surface area (Å²) in [4.78, 5) is 28.7. The van der Waals surface area contributed by atoms with E-state index in [1.165, 1.54) is 4.88 Å². The third kappa shape index (κ3) is 4.00. The van der Waals surface area contributed by atoms with Crippen LogP contribution < -0.4 is 5.32 Å². The maximum atomic E-state index is 12.9. The van der Waals surface area contributed by atoms with Crippen molar-refractivity contribution in [2.45, 2.75) is 47.0 Å². The van der Waals surface area contributed by atoms with Gasteiger partial charge in [-0.3, -0.25) is 9.59 Å². The zero-order valence-electron chi connectivity index (χ0n) is 17.7. The molecule has 1 aromatic heterocycles. The second kappa shape index (κ2) is 7.70. The molecule has 1 aromatic carbocycles. The maximum Gasteiger partial charge on any atom is 0.256 e. The number of rotatable bonds is 3. The lowest BCUT2D eigenvalue weighted by Gasteiger charge is -2.34. The van der Waals surface area contributed by atoms with Crippen LogP contribution in [0.2, 0.25) is 0 Å². The summed E-state index contributed by atoms with van der Waals surface area (Å²) in [6.45, 7) is 8.77. The van der Waals surface area contributed by atoms with E-state index in [2.05, 4.69) is 26.1 Å². The van der Waals surface area contributed by atoms with Crippen LogP contribution in [0.5, 0.6) is 0 Å². The van der Waals surface area contributed by atoms with E-state index in [0.29, 0.717) is 22.0 Å². The molecule has 0 fully saturated rings. The van der Waals surface area contributed by atoms with E-state index in [4.69, 9.17) is 0 Å². The molecule has 0 saturated carbocycles. The van der Waals surface area contributed by atoms with Gasteiger partial charge in [0.2, 0.25) is 0 Å². The van der Waals surface area contributed by atoms with Gasteiger partial charge in [0.1, 0.15) is 5.00 Å². The molecule has 2 aromatic rings. The van der Waals surface area contributed by atoms with E-state index >= 15 is 0 Å². The average Bonchev–Trinajstić information content (AvgIpc) is 2.97. The molecule has 1 unspecified atom stereocenters. The summed E-state index contributed by atoms with van der Waals surface area (Å²) < 4.78 is 0. The van der Waals surface area contributed by atoms with Gasteiger partial charge in [0, 0.05) is 24.5 Å². The molecule has 0 aliphatic heterocycles. The third-order valence-corrected chi connectivity index (χ3v) is 6.90. The minimum atomic E-state index is -0.156. The number of benzene rings is 1. The zero-order chi connectivity index (χ0) is 20.6. The SMILES string of the molecule is Cc1ccccc1C(=O)Nc1sc2c(c1C(=O)N(C)C)CCC(C(C)(C)C)C2. The lowest BCUT2D eigenvalue weighted by molar-refractivity contribution is 0.0827. The fourth-order valence-electron chi connectivity index (χ4n) is 3.86. The highest BCUT2D eigenvalue weighted by atomic mass is 32.1. The number of amides is 2. The number of carbonyl (C=O) groups is 2. The quantitative estimate of drug-likeness (QED) is 0.776. The minimum Gasteiger partial charge on any atom is -0.345 e. The molecule has 3 rings (SSSR count). The van der Waals surface area contributed by atoms with Gasteiger partial charge in [-0.15, -0.1) is 11.3 Å². The molecule has 0 radical (unpaired) electrons. The summed E-state index contributed by atoms with van der Waals surface area (Å²) in [5, 5.41) is 3.73. The van der Waals surface area contributed by atoms with Crippen molar-refractivity contribution in [2.75, 3.05) is 19.4 Å². The molecule has 1 aliphatic rings. The van der Waals surface area contributed by atoms with Crippen molar-refractivity contribution >= 4 is 28.2 Å². The van der Waals surface area contributed by atoms with E-state index in [1.807, 2.05) is 31.2 Å². The van der Waals surface area contributed by atoms with E-state index in [1.54, 1.807) is 30.3 Å². The van der Waals surface area contributed by atoms with Gasteiger partial charge in [0.05, 0.1) is 5.56 Å². The van der Waals surface area contributed by atoms with Gasteiger partial charge in [0.25, 0.3) is 11.8 Å². The number of nitrogens with one attached hydrogen (secondary N) is 1. The molecule has 28 heavy (non-hydrogen) atoms. The van der Waals surface area contributed by atoms with Crippen LogP contribution in [-0.2, 0) is 12.8 Å². The molecule has 5 heteroatoms. The first-order valence-electron chi connectivity index (χ1n) is 9.82. The van der Waals surface area contributed by atoms with Crippen LogP contribution in [0.25, 0.3) is 0 Å². The normalized spacial score (nSPS) is 16.4. The fourth-order valence-corrected chi connectivity index (χ4v) is 5.18. The predicted octanol–water partition coefficient (Wildman–Crippen LogP) is 5.16. The molecule has 2 amide bonds. The Bertz CT molecular complexity index is 906. The predicted molar refractivity (Wildman–Crippen MR) is 116 cm³/mol. The van der Waals surface area contributed by atoms with E-state index in [9.17, 15) is 9.59 Å². The highest BCUT2D eigenvalue weighted by molar-refractivity contribution is 7.17. The smallest absolute Gasteiger partial charge is 0.256 e.